The van der Waals surface area contributed by atoms with E-state index in [0.717, 1.165) is 0 Å². The molecule has 2 unspecified atom stereocenters. The van der Waals surface area contributed by atoms with Gasteiger partial charge in [-0.2, -0.15) is 4.99 Å². The summed E-state index contributed by atoms with van der Waals surface area (Å²) >= 11 is 0. The van der Waals surface area contributed by atoms with Crippen molar-refractivity contribution in [2.75, 3.05) is 6.61 Å². The molecule has 0 aromatic carbocycles. The Morgan fingerprint density at radius 3 is 2.32 bits per heavy atom. The van der Waals surface area contributed by atoms with E-state index in [9.17, 15) is 39.7 Å². The minimum atomic E-state index is -5.18. The van der Waals surface area contributed by atoms with Gasteiger partial charge >= 0.3 is 13.9 Å². The van der Waals surface area contributed by atoms with Crippen LogP contribution in [0.2, 0.25) is 0 Å². The number of nitrogens with two attached hydrogens (primary N) is 1. The Balaban J connectivity index is 2.54. The molecular weight excluding hydrogens is 403 g/mol. The highest BCUT2D eigenvalue weighted by atomic mass is 31.2. The van der Waals surface area contributed by atoms with E-state index in [1.807, 2.05) is 0 Å². The molecule has 0 aliphatic carbocycles. The lowest BCUT2D eigenvalue weighted by Crippen LogP contribution is -2.68. The molecule has 0 spiro atoms. The Kier molecular flexibility index (Phi) is 6.53. The smallest absolute Gasteiger partial charge is 0.394 e. The third-order valence-electron chi connectivity index (χ3n) is 4.24. The number of aliphatic hydroxyl groups excluding tert-OH is 3. The maximum atomic E-state index is 12.9. The molecular formula is C13H24N4O10P. The van der Waals surface area contributed by atoms with Crippen LogP contribution in [0.25, 0.3) is 0 Å². The van der Waals surface area contributed by atoms with E-state index in [1.165, 1.54) is 20.8 Å². The Morgan fingerprint density at radius 1 is 1.32 bits per heavy atom. The molecule has 6 atom stereocenters. The topological polar surface area (TPSA) is 219 Å². The first-order valence-electron chi connectivity index (χ1n) is 8.18. The maximum absolute atomic E-state index is 12.9. The fourth-order valence-corrected chi connectivity index (χ4v) is 3.41. The van der Waals surface area contributed by atoms with Crippen LogP contribution in [0.15, 0.2) is 4.99 Å². The monoisotopic (exact) mass is 427 g/mol. The third-order valence-corrected chi connectivity index (χ3v) is 4.74. The Bertz CT molecular complexity index is 679. The zero-order chi connectivity index (χ0) is 21.6. The minimum absolute atomic E-state index is 0.293. The molecule has 0 saturated carbocycles. The number of aliphatic hydroxyl groups is 3. The molecule has 2 rings (SSSR count). The third kappa shape index (κ3) is 4.52. The van der Waals surface area contributed by atoms with E-state index in [1.54, 1.807) is 0 Å². The number of aliphatic imine (C=N–C) groups is 1. The van der Waals surface area contributed by atoms with Gasteiger partial charge in [0.25, 0.3) is 0 Å². The van der Waals surface area contributed by atoms with Gasteiger partial charge in [-0.1, -0.05) is 0 Å². The Morgan fingerprint density at radius 2 is 1.89 bits per heavy atom. The van der Waals surface area contributed by atoms with Crippen LogP contribution in [-0.4, -0.2) is 95.9 Å². The van der Waals surface area contributed by atoms with E-state index >= 15 is 0 Å². The van der Waals surface area contributed by atoms with Crippen LogP contribution in [0.4, 0.5) is 4.79 Å². The van der Waals surface area contributed by atoms with Gasteiger partial charge in [0.15, 0.2) is 18.5 Å². The van der Waals surface area contributed by atoms with Gasteiger partial charge in [0.1, 0.15) is 24.1 Å². The molecule has 14 nitrogen and oxygen atoms in total. The largest absolute Gasteiger partial charge is 0.470 e. The summed E-state index contributed by atoms with van der Waals surface area (Å²) in [6.45, 7) is 3.67. The SMILES string of the molecule is CC(C)(C)N([O])C1C(OP(=O)(O)O)C(N)=NC(=O)N1[C@@H]1O[C@H](CO)[C@@H](O)[C@H]1O. The number of urea groups is 1. The number of carbonyl (C=O) groups excluding carboxylic acids is 1. The summed E-state index contributed by atoms with van der Waals surface area (Å²) in [5, 5.41) is 42.7. The highest BCUT2D eigenvalue weighted by Gasteiger charge is 2.56. The fraction of sp³-hybridized carbons (Fsp3) is 0.846. The number of amides is 2. The second-order valence-electron chi connectivity index (χ2n) is 7.38. The zero-order valence-corrected chi connectivity index (χ0v) is 16.2. The predicted octanol–water partition coefficient (Wildman–Crippen LogP) is -2.53. The summed E-state index contributed by atoms with van der Waals surface area (Å²) in [5.41, 5.74) is 4.39. The summed E-state index contributed by atoms with van der Waals surface area (Å²) < 4.78 is 21.3. The van der Waals surface area contributed by atoms with Crippen LogP contribution in [-0.2, 0) is 19.0 Å². The number of phosphoric ester groups is 1. The molecule has 2 amide bonds. The zero-order valence-electron chi connectivity index (χ0n) is 15.3. The lowest BCUT2D eigenvalue weighted by molar-refractivity contribution is -0.289. The predicted molar refractivity (Wildman–Crippen MR) is 89.6 cm³/mol. The van der Waals surface area contributed by atoms with E-state index in [-0.39, 0.29) is 0 Å². The maximum Gasteiger partial charge on any atom is 0.470 e. The summed E-state index contributed by atoms with van der Waals surface area (Å²) in [7, 11) is -5.18. The first-order valence-corrected chi connectivity index (χ1v) is 9.71. The molecule has 2 heterocycles. The van der Waals surface area contributed by atoms with Crippen LogP contribution in [0, 0.1) is 0 Å². The van der Waals surface area contributed by atoms with Crippen LogP contribution < -0.4 is 5.73 Å². The van der Waals surface area contributed by atoms with Crippen LogP contribution in [0.5, 0.6) is 0 Å². The number of carbonyl (C=O) groups is 1. The number of nitrogens with zero attached hydrogens (tertiary/aromatic N) is 3. The molecule has 1 radical (unpaired) electrons. The number of amidine groups is 1. The van der Waals surface area contributed by atoms with E-state index < -0.39 is 68.6 Å². The van der Waals surface area contributed by atoms with E-state index in [4.69, 9.17) is 10.5 Å². The van der Waals surface area contributed by atoms with E-state index in [2.05, 4.69) is 9.52 Å². The Labute approximate surface area is 160 Å². The molecule has 2 aliphatic rings. The summed E-state index contributed by atoms with van der Waals surface area (Å²) in [6, 6.07) is -1.16. The number of hydrogen-bond donors (Lipinski definition) is 6. The number of phosphoric acid groups is 1. The molecule has 0 aromatic heterocycles. The van der Waals surface area contributed by atoms with Crippen LogP contribution in [0.3, 0.4) is 0 Å². The highest BCUT2D eigenvalue weighted by molar-refractivity contribution is 7.46. The number of ether oxygens (including phenoxy) is 1. The first kappa shape index (κ1) is 23.1. The molecule has 15 heteroatoms. The van der Waals surface area contributed by atoms with Crippen molar-refractivity contribution < 1.29 is 48.9 Å². The van der Waals surface area contributed by atoms with E-state index in [0.29, 0.717) is 9.96 Å². The van der Waals surface area contributed by atoms with Crippen molar-refractivity contribution >= 4 is 19.7 Å². The summed E-state index contributed by atoms with van der Waals surface area (Å²) in [6.07, 6.45) is -9.95. The number of hydroxylamine groups is 2. The minimum Gasteiger partial charge on any atom is -0.394 e. The normalized spacial score (nSPS) is 34.9. The van der Waals surface area contributed by atoms with Gasteiger partial charge in [-0.05, 0) is 20.8 Å². The number of rotatable bonds is 5. The van der Waals surface area contributed by atoms with Crippen LogP contribution >= 0.6 is 7.82 Å². The Hall–Kier alpha value is -1.19. The highest BCUT2D eigenvalue weighted by Crippen LogP contribution is 2.42. The lowest BCUT2D eigenvalue weighted by atomic mass is 10.0. The average molecular weight is 427 g/mol. The molecule has 2 aliphatic heterocycles. The number of hydrogen-bond acceptors (Lipinski definition) is 9. The van der Waals surface area contributed by atoms with Crippen molar-refractivity contribution in [1.29, 1.82) is 0 Å². The van der Waals surface area contributed by atoms with Gasteiger partial charge in [0.05, 0.1) is 6.61 Å². The molecule has 1 fully saturated rings. The standard InChI is InChI=1S/C13H24N4O10P/c1-13(2,3)17(22)10-8(27-28(23,24)25)9(14)15-12(21)16(10)11-7(20)6(19)5(4-18)26-11/h5-8,10-11,18-20H,4H2,1-3H3,(H2,14,15,21)(H2,23,24,25)/t5-,6-,7-,8?,10?,11-/m1/s1. The van der Waals surface area contributed by atoms with Gasteiger partial charge < -0.3 is 35.6 Å². The van der Waals surface area contributed by atoms with Crippen molar-refractivity contribution in [2.45, 2.75) is 63.1 Å². The van der Waals surface area contributed by atoms with Crippen LogP contribution in [0.1, 0.15) is 20.8 Å². The van der Waals surface area contributed by atoms with Gasteiger partial charge in [-0.3, -0.25) is 9.42 Å². The van der Waals surface area contributed by atoms with Crippen molar-refractivity contribution in [3.63, 3.8) is 0 Å². The molecule has 0 bridgehead atoms. The van der Waals surface area contributed by atoms with Gasteiger partial charge in [0.2, 0.25) is 0 Å². The van der Waals surface area contributed by atoms with Gasteiger partial charge in [0, 0.05) is 5.54 Å². The second-order valence-corrected chi connectivity index (χ2v) is 8.57. The quantitative estimate of drug-likeness (QED) is 0.198. The lowest BCUT2D eigenvalue weighted by Gasteiger charge is -2.46. The average Bonchev–Trinajstić information content (AvgIpc) is 2.82. The molecule has 28 heavy (non-hydrogen) atoms. The molecule has 7 N–H and O–H groups in total. The van der Waals surface area contributed by atoms with Gasteiger partial charge in [-0.15, -0.1) is 10.3 Å². The summed E-state index contributed by atoms with van der Waals surface area (Å²) in [5.74, 6) is -0.661. The van der Waals surface area contributed by atoms with Crippen molar-refractivity contribution in [2.24, 2.45) is 10.7 Å². The van der Waals surface area contributed by atoms with Crippen molar-refractivity contribution in [3.05, 3.63) is 0 Å². The first-order chi connectivity index (χ1) is 12.7. The summed E-state index contributed by atoms with van der Waals surface area (Å²) in [4.78, 5) is 34.9. The van der Waals surface area contributed by atoms with Crippen molar-refractivity contribution in [3.8, 4) is 0 Å². The molecule has 1 saturated heterocycles. The fourth-order valence-electron chi connectivity index (χ4n) is 2.90. The molecule has 0 aromatic rings. The second kappa shape index (κ2) is 7.91. The molecule has 161 valence electrons. The van der Waals surface area contributed by atoms with Crippen molar-refractivity contribution in [1.82, 2.24) is 9.96 Å². The van der Waals surface area contributed by atoms with Gasteiger partial charge in [-0.25, -0.2) is 9.36 Å².